The van der Waals surface area contributed by atoms with Crippen molar-refractivity contribution in [2.24, 2.45) is 7.05 Å². The topological polar surface area (TPSA) is 75.9 Å². The monoisotopic (exact) mass is 288 g/mol. The Labute approximate surface area is 123 Å². The Bertz CT molecular complexity index is 665. The van der Waals surface area contributed by atoms with E-state index in [0.29, 0.717) is 18.8 Å². The molecule has 3 heterocycles. The fourth-order valence-corrected chi connectivity index (χ4v) is 2.70. The zero-order chi connectivity index (χ0) is 14.8. The van der Waals surface area contributed by atoms with E-state index in [4.69, 9.17) is 0 Å². The molecule has 0 bridgehead atoms. The minimum atomic E-state index is 0.201. The Balaban J connectivity index is 1.92. The number of fused-ring (bicyclic) bond motifs is 1. The minimum absolute atomic E-state index is 0.201. The normalized spacial score (nSPS) is 16.3. The molecule has 0 unspecified atom stereocenters. The molecular weight excluding hydrogens is 268 g/mol. The third-order valence-corrected chi connectivity index (χ3v) is 3.88. The number of carbonyl (C=O) groups excluding carboxylic acids is 1. The van der Waals surface area contributed by atoms with Crippen molar-refractivity contribution < 1.29 is 4.79 Å². The van der Waals surface area contributed by atoms with E-state index in [-0.39, 0.29) is 5.91 Å². The van der Waals surface area contributed by atoms with Gasteiger partial charge in [0.15, 0.2) is 11.5 Å². The molecule has 1 fully saturated rings. The maximum Gasteiger partial charge on any atom is 0.222 e. The van der Waals surface area contributed by atoms with Crippen LogP contribution >= 0.6 is 0 Å². The predicted octanol–water partition coefficient (Wildman–Crippen LogP) is 1.31. The van der Waals surface area contributed by atoms with Gasteiger partial charge in [-0.15, -0.1) is 0 Å². The first-order chi connectivity index (χ1) is 10.2. The molecule has 1 N–H and O–H groups in total. The molecule has 1 aliphatic heterocycles. The van der Waals surface area contributed by atoms with E-state index in [0.717, 1.165) is 42.7 Å². The molecule has 7 heteroatoms. The van der Waals surface area contributed by atoms with Gasteiger partial charge < -0.3 is 10.2 Å². The van der Waals surface area contributed by atoms with Crippen molar-refractivity contribution in [3.05, 3.63) is 12.0 Å². The zero-order valence-electron chi connectivity index (χ0n) is 12.5. The Morgan fingerprint density at radius 2 is 2.14 bits per heavy atom. The zero-order valence-corrected chi connectivity index (χ0v) is 12.5. The third-order valence-electron chi connectivity index (χ3n) is 3.88. The molecule has 0 atom stereocenters. The molecule has 7 nitrogen and oxygen atoms in total. The number of amides is 1. The second-order valence-corrected chi connectivity index (χ2v) is 5.37. The molecule has 112 valence electrons. The highest BCUT2D eigenvalue weighted by atomic mass is 16.2. The van der Waals surface area contributed by atoms with Crippen molar-refractivity contribution in [2.75, 3.05) is 18.9 Å². The average molecular weight is 288 g/mol. The Morgan fingerprint density at radius 3 is 2.95 bits per heavy atom. The van der Waals surface area contributed by atoms with Crippen LogP contribution in [0, 0.1) is 0 Å². The average Bonchev–Trinajstić information content (AvgIpc) is 2.74. The standard InChI is InChI=1S/C14H20N6O/c1-15-13-10-8-16-19(2)14(10)18-11(17-13)9-20-7-5-3-4-6-12(20)21/h8H,3-7,9H2,1-2H3,(H,15,17,18). The molecule has 3 rings (SSSR count). The molecule has 0 saturated carbocycles. The lowest BCUT2D eigenvalue weighted by Crippen LogP contribution is -2.30. The second-order valence-electron chi connectivity index (χ2n) is 5.37. The van der Waals surface area contributed by atoms with Gasteiger partial charge in [-0.05, 0) is 12.8 Å². The summed E-state index contributed by atoms with van der Waals surface area (Å²) in [5.41, 5.74) is 0.784. The molecule has 0 spiro atoms. The van der Waals surface area contributed by atoms with Crippen LogP contribution in [0.25, 0.3) is 11.0 Å². The summed E-state index contributed by atoms with van der Waals surface area (Å²) in [5, 5.41) is 8.19. The Hall–Kier alpha value is -2.18. The van der Waals surface area contributed by atoms with E-state index >= 15 is 0 Å². The molecule has 1 amide bonds. The summed E-state index contributed by atoms with van der Waals surface area (Å²) in [6, 6.07) is 0. The highest BCUT2D eigenvalue weighted by Crippen LogP contribution is 2.20. The van der Waals surface area contributed by atoms with Crippen LogP contribution in [0.3, 0.4) is 0 Å². The summed E-state index contributed by atoms with van der Waals surface area (Å²) >= 11 is 0. The van der Waals surface area contributed by atoms with Crippen LogP contribution in [-0.4, -0.2) is 44.1 Å². The lowest BCUT2D eigenvalue weighted by molar-refractivity contribution is -0.131. The molecule has 0 aromatic carbocycles. The number of nitrogens with zero attached hydrogens (tertiary/aromatic N) is 5. The maximum absolute atomic E-state index is 12.1. The largest absolute Gasteiger partial charge is 0.372 e. The molecule has 21 heavy (non-hydrogen) atoms. The molecule has 1 aliphatic rings. The van der Waals surface area contributed by atoms with Gasteiger partial charge in [0, 0.05) is 27.1 Å². The number of aryl methyl sites for hydroxylation is 1. The summed E-state index contributed by atoms with van der Waals surface area (Å²) in [7, 11) is 3.69. The van der Waals surface area contributed by atoms with Gasteiger partial charge in [-0.25, -0.2) is 9.97 Å². The highest BCUT2D eigenvalue weighted by Gasteiger charge is 2.19. The van der Waals surface area contributed by atoms with Gasteiger partial charge >= 0.3 is 0 Å². The van der Waals surface area contributed by atoms with Crippen molar-refractivity contribution in [2.45, 2.75) is 32.2 Å². The summed E-state index contributed by atoms with van der Waals surface area (Å²) in [5.74, 6) is 1.61. The third kappa shape index (κ3) is 2.68. The molecule has 2 aromatic rings. The van der Waals surface area contributed by atoms with Crippen molar-refractivity contribution in [3.8, 4) is 0 Å². The highest BCUT2D eigenvalue weighted by molar-refractivity contribution is 5.86. The number of likely N-dealkylation sites (tertiary alicyclic amines) is 1. The van der Waals surface area contributed by atoms with E-state index in [1.807, 2.05) is 19.0 Å². The van der Waals surface area contributed by atoms with Crippen LogP contribution in [0.2, 0.25) is 0 Å². The number of rotatable bonds is 3. The van der Waals surface area contributed by atoms with Crippen molar-refractivity contribution in [3.63, 3.8) is 0 Å². The van der Waals surface area contributed by atoms with Gasteiger partial charge in [-0.3, -0.25) is 9.48 Å². The van der Waals surface area contributed by atoms with E-state index in [1.165, 1.54) is 0 Å². The van der Waals surface area contributed by atoms with Gasteiger partial charge in [0.2, 0.25) is 5.91 Å². The Kier molecular flexibility index (Phi) is 3.72. The second kappa shape index (κ2) is 5.67. The molecule has 1 saturated heterocycles. The van der Waals surface area contributed by atoms with E-state index in [9.17, 15) is 4.79 Å². The van der Waals surface area contributed by atoms with Crippen molar-refractivity contribution in [1.29, 1.82) is 0 Å². The smallest absolute Gasteiger partial charge is 0.222 e. The molecule has 2 aromatic heterocycles. The fraction of sp³-hybridized carbons (Fsp3) is 0.571. The number of hydrogen-bond acceptors (Lipinski definition) is 5. The van der Waals surface area contributed by atoms with E-state index in [2.05, 4.69) is 20.4 Å². The first kappa shape index (κ1) is 13.8. The maximum atomic E-state index is 12.1. The van der Waals surface area contributed by atoms with Gasteiger partial charge in [0.1, 0.15) is 5.82 Å². The first-order valence-corrected chi connectivity index (χ1v) is 7.33. The number of aromatic nitrogens is 4. The van der Waals surface area contributed by atoms with Crippen LogP contribution in [-0.2, 0) is 18.4 Å². The van der Waals surface area contributed by atoms with E-state index in [1.54, 1.807) is 10.9 Å². The van der Waals surface area contributed by atoms with Gasteiger partial charge in [-0.1, -0.05) is 6.42 Å². The lowest BCUT2D eigenvalue weighted by atomic mass is 10.2. The molecule has 0 radical (unpaired) electrons. The van der Waals surface area contributed by atoms with E-state index < -0.39 is 0 Å². The van der Waals surface area contributed by atoms with Crippen LogP contribution in [0.5, 0.6) is 0 Å². The summed E-state index contributed by atoms with van der Waals surface area (Å²) in [6.45, 7) is 1.26. The lowest BCUT2D eigenvalue weighted by Gasteiger charge is -2.19. The van der Waals surface area contributed by atoms with Crippen LogP contribution in [0.15, 0.2) is 6.20 Å². The summed E-state index contributed by atoms with van der Waals surface area (Å²) in [6.07, 6.45) is 5.54. The fourth-order valence-electron chi connectivity index (χ4n) is 2.70. The molecular formula is C14H20N6O. The minimum Gasteiger partial charge on any atom is -0.372 e. The van der Waals surface area contributed by atoms with Crippen LogP contribution in [0.1, 0.15) is 31.5 Å². The van der Waals surface area contributed by atoms with Gasteiger partial charge in [-0.2, -0.15) is 5.10 Å². The van der Waals surface area contributed by atoms with Crippen molar-refractivity contribution >= 4 is 22.8 Å². The van der Waals surface area contributed by atoms with Crippen molar-refractivity contribution in [1.82, 2.24) is 24.6 Å². The van der Waals surface area contributed by atoms with Gasteiger partial charge in [0.25, 0.3) is 0 Å². The quantitative estimate of drug-likeness (QED) is 0.921. The predicted molar refractivity (Wildman–Crippen MR) is 79.7 cm³/mol. The molecule has 0 aliphatic carbocycles. The SMILES string of the molecule is CNc1nc(CN2CCCCCC2=O)nc2c1cnn2C. The van der Waals surface area contributed by atoms with Crippen LogP contribution in [0.4, 0.5) is 5.82 Å². The van der Waals surface area contributed by atoms with Gasteiger partial charge in [0.05, 0.1) is 18.1 Å². The number of nitrogens with one attached hydrogen (secondary N) is 1. The summed E-state index contributed by atoms with van der Waals surface area (Å²) < 4.78 is 1.73. The first-order valence-electron chi connectivity index (χ1n) is 7.33. The Morgan fingerprint density at radius 1 is 1.29 bits per heavy atom. The number of carbonyl (C=O) groups is 1. The summed E-state index contributed by atoms with van der Waals surface area (Å²) in [4.78, 5) is 23.0. The number of anilines is 1. The van der Waals surface area contributed by atoms with Crippen LogP contribution < -0.4 is 5.32 Å². The number of hydrogen-bond donors (Lipinski definition) is 1.